The van der Waals surface area contributed by atoms with Gasteiger partial charge in [0, 0.05) is 0 Å². The third kappa shape index (κ3) is 4.91. The Hall–Kier alpha value is -0.650. The Kier molecular flexibility index (Phi) is 7.80. The summed E-state index contributed by atoms with van der Waals surface area (Å²) in [5, 5.41) is 13.5. The van der Waals surface area contributed by atoms with Crippen molar-refractivity contribution in [2.24, 2.45) is 23.5 Å². The summed E-state index contributed by atoms with van der Waals surface area (Å²) in [4.78, 5) is 15.5. The zero-order chi connectivity index (χ0) is 20.1. The molecule has 1 amide bonds. The van der Waals surface area contributed by atoms with Gasteiger partial charge in [0.25, 0.3) is 0 Å². The number of amides is 1. The van der Waals surface area contributed by atoms with E-state index < -0.39 is 11.8 Å². The average Bonchev–Trinajstić information content (AvgIpc) is 2.93. The Morgan fingerprint density at radius 3 is 2.18 bits per heavy atom. The number of carbonyl (C=O) groups is 1. The van der Waals surface area contributed by atoms with Gasteiger partial charge in [-0.3, -0.25) is 15.8 Å². The highest BCUT2D eigenvalue weighted by Gasteiger charge is 2.52. The first kappa shape index (κ1) is 22.0. The number of hydrogen-bond donors (Lipinski definition) is 3. The van der Waals surface area contributed by atoms with Gasteiger partial charge in [0.2, 0.25) is 5.91 Å². The van der Waals surface area contributed by atoms with Crippen molar-refractivity contribution in [1.82, 2.24) is 10.2 Å². The molecule has 1 saturated heterocycles. The van der Waals surface area contributed by atoms with Crippen molar-refractivity contribution in [3.05, 3.63) is 0 Å². The molecule has 5 heteroatoms. The van der Waals surface area contributed by atoms with Crippen LogP contribution >= 0.6 is 0 Å². The van der Waals surface area contributed by atoms with E-state index in [1.54, 1.807) is 4.90 Å². The highest BCUT2D eigenvalue weighted by molar-refractivity contribution is 5.89. The first-order chi connectivity index (χ1) is 13.5. The molecule has 0 aromatic heterocycles. The molecule has 162 valence electrons. The second-order valence-electron chi connectivity index (χ2n) is 10.1. The Morgan fingerprint density at radius 1 is 1.07 bits per heavy atom. The Labute approximate surface area is 171 Å². The summed E-state index contributed by atoms with van der Waals surface area (Å²) >= 11 is 0. The van der Waals surface area contributed by atoms with Gasteiger partial charge in [0.1, 0.15) is 11.8 Å². The van der Waals surface area contributed by atoms with E-state index in [0.717, 1.165) is 25.2 Å². The SMILES string of the molecule is CC(C)C(CO)N1C(=O)[C@@](CCC2CCCCC2)(CC2CCCCC2)NC1N. The van der Waals surface area contributed by atoms with E-state index in [-0.39, 0.29) is 24.5 Å². The smallest absolute Gasteiger partial charge is 0.245 e. The maximum atomic E-state index is 13.8. The lowest BCUT2D eigenvalue weighted by Gasteiger charge is -2.36. The number of nitrogens with two attached hydrogens (primary N) is 1. The lowest BCUT2D eigenvalue weighted by molar-refractivity contribution is -0.138. The molecule has 3 atom stereocenters. The van der Waals surface area contributed by atoms with Crippen molar-refractivity contribution >= 4 is 5.91 Å². The topological polar surface area (TPSA) is 78.6 Å². The maximum Gasteiger partial charge on any atom is 0.245 e. The van der Waals surface area contributed by atoms with Crippen molar-refractivity contribution in [2.45, 2.75) is 115 Å². The van der Waals surface area contributed by atoms with E-state index >= 15 is 0 Å². The number of nitrogens with zero attached hydrogens (tertiary/aromatic N) is 1. The molecule has 2 aliphatic carbocycles. The zero-order valence-electron chi connectivity index (χ0n) is 18.2. The summed E-state index contributed by atoms with van der Waals surface area (Å²) in [6.07, 6.45) is 15.5. The fraction of sp³-hybridized carbons (Fsp3) is 0.957. The van der Waals surface area contributed by atoms with Crippen molar-refractivity contribution in [3.8, 4) is 0 Å². The minimum Gasteiger partial charge on any atom is -0.394 e. The molecule has 0 aromatic carbocycles. The van der Waals surface area contributed by atoms with Crippen LogP contribution in [0.25, 0.3) is 0 Å². The lowest BCUT2D eigenvalue weighted by Crippen LogP contribution is -2.53. The predicted octanol–water partition coefficient (Wildman–Crippen LogP) is 3.75. The summed E-state index contributed by atoms with van der Waals surface area (Å²) in [6.45, 7) is 4.09. The second kappa shape index (κ2) is 9.90. The van der Waals surface area contributed by atoms with Crippen molar-refractivity contribution < 1.29 is 9.90 Å². The van der Waals surface area contributed by atoms with Gasteiger partial charge >= 0.3 is 0 Å². The van der Waals surface area contributed by atoms with E-state index in [1.807, 2.05) is 0 Å². The van der Waals surface area contributed by atoms with Crippen LogP contribution in [-0.2, 0) is 4.79 Å². The molecule has 2 saturated carbocycles. The number of aliphatic hydroxyl groups is 1. The molecule has 4 N–H and O–H groups in total. The summed E-state index contributed by atoms with van der Waals surface area (Å²) in [5.41, 5.74) is 5.93. The largest absolute Gasteiger partial charge is 0.394 e. The Morgan fingerprint density at radius 2 is 1.64 bits per heavy atom. The van der Waals surface area contributed by atoms with Crippen LogP contribution in [-0.4, -0.2) is 40.4 Å². The molecule has 0 bridgehead atoms. The van der Waals surface area contributed by atoms with Crippen LogP contribution in [0.2, 0.25) is 0 Å². The Balaban J connectivity index is 1.77. The predicted molar refractivity (Wildman–Crippen MR) is 113 cm³/mol. The first-order valence-corrected chi connectivity index (χ1v) is 11.9. The fourth-order valence-electron chi connectivity index (χ4n) is 6.00. The molecule has 0 radical (unpaired) electrons. The van der Waals surface area contributed by atoms with E-state index in [1.165, 1.54) is 64.2 Å². The molecule has 5 nitrogen and oxygen atoms in total. The normalized spacial score (nSPS) is 31.7. The standard InChI is InChI=1S/C23H43N3O2/c1-17(2)20(16-27)26-21(28)23(25-22(26)24,15-19-11-7-4-8-12-19)14-13-18-9-5-3-6-10-18/h17-20,22,25,27H,3-16,24H2,1-2H3/t20?,22?,23-/m1/s1. The molecule has 0 aromatic rings. The molecule has 28 heavy (non-hydrogen) atoms. The van der Waals surface area contributed by atoms with Crippen LogP contribution in [0.1, 0.15) is 97.3 Å². The van der Waals surface area contributed by atoms with Crippen LogP contribution in [0.4, 0.5) is 0 Å². The van der Waals surface area contributed by atoms with E-state index in [2.05, 4.69) is 19.2 Å². The number of aliphatic hydroxyl groups excluding tert-OH is 1. The van der Waals surface area contributed by atoms with Gasteiger partial charge in [-0.2, -0.15) is 0 Å². The first-order valence-electron chi connectivity index (χ1n) is 11.9. The highest BCUT2D eigenvalue weighted by atomic mass is 16.3. The molecule has 2 unspecified atom stereocenters. The second-order valence-corrected chi connectivity index (χ2v) is 10.1. The van der Waals surface area contributed by atoms with Gasteiger partial charge in [-0.25, -0.2) is 0 Å². The zero-order valence-corrected chi connectivity index (χ0v) is 18.2. The van der Waals surface area contributed by atoms with Crippen molar-refractivity contribution in [2.75, 3.05) is 6.61 Å². The van der Waals surface area contributed by atoms with Gasteiger partial charge < -0.3 is 10.0 Å². The molecular weight excluding hydrogens is 350 g/mol. The number of nitrogens with one attached hydrogen (secondary N) is 1. The van der Waals surface area contributed by atoms with Gasteiger partial charge in [-0.1, -0.05) is 78.1 Å². The van der Waals surface area contributed by atoms with Gasteiger partial charge in [-0.15, -0.1) is 0 Å². The van der Waals surface area contributed by atoms with Gasteiger partial charge in [0.15, 0.2) is 0 Å². The van der Waals surface area contributed by atoms with Crippen LogP contribution in [0.3, 0.4) is 0 Å². The number of hydrogen-bond acceptors (Lipinski definition) is 4. The van der Waals surface area contributed by atoms with Crippen LogP contribution < -0.4 is 11.1 Å². The van der Waals surface area contributed by atoms with Crippen LogP contribution in [0, 0.1) is 17.8 Å². The minimum atomic E-state index is -0.527. The summed E-state index contributed by atoms with van der Waals surface area (Å²) in [7, 11) is 0. The van der Waals surface area contributed by atoms with Gasteiger partial charge in [-0.05, 0) is 37.0 Å². The fourth-order valence-corrected chi connectivity index (χ4v) is 6.00. The van der Waals surface area contributed by atoms with E-state index in [9.17, 15) is 9.90 Å². The summed E-state index contributed by atoms with van der Waals surface area (Å²) in [6, 6.07) is -0.210. The maximum absolute atomic E-state index is 13.8. The summed E-state index contributed by atoms with van der Waals surface area (Å²) < 4.78 is 0. The number of rotatable bonds is 8. The molecular formula is C23H43N3O2. The third-order valence-corrected chi connectivity index (χ3v) is 7.75. The molecule has 1 aliphatic heterocycles. The molecule has 0 spiro atoms. The lowest BCUT2D eigenvalue weighted by atomic mass is 9.75. The summed E-state index contributed by atoms with van der Waals surface area (Å²) in [5.74, 6) is 1.71. The quantitative estimate of drug-likeness (QED) is 0.587. The van der Waals surface area contributed by atoms with Crippen molar-refractivity contribution in [1.29, 1.82) is 0 Å². The minimum absolute atomic E-state index is 0.0269. The van der Waals surface area contributed by atoms with Gasteiger partial charge in [0.05, 0.1) is 12.6 Å². The van der Waals surface area contributed by atoms with Crippen LogP contribution in [0.5, 0.6) is 0 Å². The molecule has 3 rings (SSSR count). The average molecular weight is 394 g/mol. The van der Waals surface area contributed by atoms with Crippen LogP contribution in [0.15, 0.2) is 0 Å². The molecule has 3 fully saturated rings. The third-order valence-electron chi connectivity index (χ3n) is 7.75. The molecule has 1 heterocycles. The highest BCUT2D eigenvalue weighted by Crippen LogP contribution is 2.39. The van der Waals surface area contributed by atoms with E-state index in [4.69, 9.17) is 5.73 Å². The number of carbonyl (C=O) groups excluding carboxylic acids is 1. The monoisotopic (exact) mass is 393 g/mol. The van der Waals surface area contributed by atoms with Crippen molar-refractivity contribution in [3.63, 3.8) is 0 Å². The Bertz CT molecular complexity index is 500. The molecule has 3 aliphatic rings. The van der Waals surface area contributed by atoms with E-state index in [0.29, 0.717) is 5.92 Å².